The second-order valence-electron chi connectivity index (χ2n) is 6.26. The van der Waals surface area contributed by atoms with Crippen molar-refractivity contribution in [2.75, 3.05) is 13.2 Å². The molecule has 3 heterocycles. The molecule has 9 heteroatoms. The number of cyclic esters (lactones) is 1. The average Bonchev–Trinajstić information content (AvgIpc) is 2.62. The summed E-state index contributed by atoms with van der Waals surface area (Å²) < 4.78 is 21.4. The van der Waals surface area contributed by atoms with Crippen molar-refractivity contribution in [2.45, 2.75) is 43.4 Å². The summed E-state index contributed by atoms with van der Waals surface area (Å²) in [5.74, 6) is -1.06. The van der Waals surface area contributed by atoms with Gasteiger partial charge in [0.25, 0.3) is 0 Å². The molecule has 2 fully saturated rings. The Morgan fingerprint density at radius 2 is 2.00 bits per heavy atom. The van der Waals surface area contributed by atoms with Crippen molar-refractivity contribution in [1.29, 1.82) is 0 Å². The lowest BCUT2D eigenvalue weighted by atomic mass is 9.81. The largest absolute Gasteiger partial charge is 0.471 e. The van der Waals surface area contributed by atoms with Gasteiger partial charge in [0.2, 0.25) is 6.29 Å². The number of rotatable bonds is 4. The van der Waals surface area contributed by atoms with E-state index < -0.39 is 55.5 Å². The third kappa shape index (κ3) is 3.31. The third-order valence-corrected chi connectivity index (χ3v) is 4.79. The first-order valence-corrected chi connectivity index (χ1v) is 8.09. The number of carbonyl (C=O) groups excluding carboxylic acids is 1. The van der Waals surface area contributed by atoms with E-state index in [1.54, 1.807) is 6.08 Å². The van der Waals surface area contributed by atoms with Crippen molar-refractivity contribution in [3.63, 3.8) is 0 Å². The van der Waals surface area contributed by atoms with Crippen LogP contribution in [0.4, 0.5) is 0 Å². The van der Waals surface area contributed by atoms with Gasteiger partial charge in [0, 0.05) is 11.8 Å². The molecule has 0 bridgehead atoms. The minimum absolute atomic E-state index is 0.206. The van der Waals surface area contributed by atoms with Gasteiger partial charge in [0.1, 0.15) is 24.4 Å². The zero-order chi connectivity index (χ0) is 18.1. The fourth-order valence-electron chi connectivity index (χ4n) is 3.34. The summed E-state index contributed by atoms with van der Waals surface area (Å²) in [6.45, 7) is 3.47. The Kier molecular flexibility index (Phi) is 5.42. The number of hydrogen-bond donors (Lipinski definition) is 4. The molecule has 8 atom stereocenters. The Bertz CT molecular complexity index is 546. The molecule has 0 aliphatic carbocycles. The van der Waals surface area contributed by atoms with Crippen LogP contribution in [0.5, 0.6) is 0 Å². The number of esters is 1. The van der Waals surface area contributed by atoms with Crippen molar-refractivity contribution in [3.8, 4) is 0 Å². The number of aliphatic hydroxyl groups excluding tert-OH is 4. The summed E-state index contributed by atoms with van der Waals surface area (Å²) in [5.41, 5.74) is 0.393. The molecule has 0 amide bonds. The first kappa shape index (κ1) is 18.3. The van der Waals surface area contributed by atoms with E-state index in [1.165, 1.54) is 6.26 Å². The maximum absolute atomic E-state index is 11.8. The number of fused-ring (bicyclic) bond motifs is 1. The van der Waals surface area contributed by atoms with Gasteiger partial charge in [-0.1, -0.05) is 6.08 Å². The lowest BCUT2D eigenvalue weighted by Crippen LogP contribution is -2.60. The highest BCUT2D eigenvalue weighted by molar-refractivity contribution is 5.89. The smallest absolute Gasteiger partial charge is 0.337 e. The third-order valence-electron chi connectivity index (χ3n) is 4.79. The van der Waals surface area contributed by atoms with E-state index in [2.05, 4.69) is 6.58 Å². The standard InChI is InChI=1S/C16H22O9/c1-2-7-8-3-4-22-14(21)9(8)6-23-15(7)25-16-13(20)12(19)11(18)10(5-17)24-16/h2,6-8,10-13,15-20H,1,3-5H2/t7-,8+,10+,11-,12-,13+,15+,16+/m1/s1. The Balaban J connectivity index is 1.75. The van der Waals surface area contributed by atoms with Crippen LogP contribution in [-0.2, 0) is 23.7 Å². The van der Waals surface area contributed by atoms with Crippen LogP contribution >= 0.6 is 0 Å². The lowest BCUT2D eigenvalue weighted by Gasteiger charge is -2.43. The Labute approximate surface area is 144 Å². The molecule has 4 N–H and O–H groups in total. The van der Waals surface area contributed by atoms with Crippen LogP contribution in [0.3, 0.4) is 0 Å². The summed E-state index contributed by atoms with van der Waals surface area (Å²) >= 11 is 0. The molecule has 3 rings (SSSR count). The van der Waals surface area contributed by atoms with Gasteiger partial charge in [-0.05, 0) is 6.42 Å². The van der Waals surface area contributed by atoms with Crippen molar-refractivity contribution in [3.05, 3.63) is 24.5 Å². The fourth-order valence-corrected chi connectivity index (χ4v) is 3.34. The summed E-state index contributed by atoms with van der Waals surface area (Å²) in [5, 5.41) is 38.9. The van der Waals surface area contributed by atoms with E-state index in [1.807, 2.05) is 0 Å². The van der Waals surface area contributed by atoms with E-state index in [4.69, 9.17) is 18.9 Å². The highest BCUT2D eigenvalue weighted by atomic mass is 16.8. The molecular formula is C16H22O9. The van der Waals surface area contributed by atoms with Crippen LogP contribution in [0.2, 0.25) is 0 Å². The van der Waals surface area contributed by atoms with Gasteiger partial charge in [-0.3, -0.25) is 0 Å². The van der Waals surface area contributed by atoms with E-state index in [-0.39, 0.29) is 12.5 Å². The van der Waals surface area contributed by atoms with Gasteiger partial charge >= 0.3 is 5.97 Å². The molecule has 0 radical (unpaired) electrons. The molecule has 0 unspecified atom stereocenters. The lowest BCUT2D eigenvalue weighted by molar-refractivity contribution is -0.339. The van der Waals surface area contributed by atoms with Crippen LogP contribution in [0.1, 0.15) is 6.42 Å². The fraction of sp³-hybridized carbons (Fsp3) is 0.688. The van der Waals surface area contributed by atoms with Gasteiger partial charge in [-0.15, -0.1) is 6.58 Å². The van der Waals surface area contributed by atoms with E-state index >= 15 is 0 Å². The van der Waals surface area contributed by atoms with Crippen LogP contribution in [0, 0.1) is 11.8 Å². The molecule has 0 saturated carbocycles. The Morgan fingerprint density at radius 1 is 1.24 bits per heavy atom. The number of hydrogen-bond acceptors (Lipinski definition) is 9. The van der Waals surface area contributed by atoms with E-state index in [0.29, 0.717) is 12.0 Å². The molecule has 0 aromatic carbocycles. The second kappa shape index (κ2) is 7.40. The van der Waals surface area contributed by atoms with Gasteiger partial charge in [0.15, 0.2) is 6.29 Å². The molecule has 0 spiro atoms. The van der Waals surface area contributed by atoms with Crippen LogP contribution in [-0.4, -0.2) is 76.6 Å². The maximum Gasteiger partial charge on any atom is 0.337 e. The quantitative estimate of drug-likeness (QED) is 0.346. The Hall–Kier alpha value is -1.49. The van der Waals surface area contributed by atoms with Gasteiger partial charge in [-0.2, -0.15) is 0 Å². The topological polar surface area (TPSA) is 135 Å². The monoisotopic (exact) mass is 358 g/mol. The van der Waals surface area contributed by atoms with Crippen LogP contribution < -0.4 is 0 Å². The first-order valence-electron chi connectivity index (χ1n) is 8.09. The van der Waals surface area contributed by atoms with Crippen molar-refractivity contribution in [2.24, 2.45) is 11.8 Å². The van der Waals surface area contributed by atoms with Crippen LogP contribution in [0.15, 0.2) is 24.5 Å². The zero-order valence-corrected chi connectivity index (χ0v) is 13.4. The highest BCUT2D eigenvalue weighted by Crippen LogP contribution is 2.38. The predicted molar refractivity (Wildman–Crippen MR) is 80.6 cm³/mol. The average molecular weight is 358 g/mol. The normalized spacial score (nSPS) is 44.2. The minimum Gasteiger partial charge on any atom is -0.471 e. The first-order chi connectivity index (χ1) is 12.0. The Morgan fingerprint density at radius 3 is 2.68 bits per heavy atom. The summed E-state index contributed by atoms with van der Waals surface area (Å²) in [6.07, 6.45) is -4.44. The van der Waals surface area contributed by atoms with Crippen molar-refractivity contribution >= 4 is 5.97 Å². The van der Waals surface area contributed by atoms with Gasteiger partial charge in [0.05, 0.1) is 25.0 Å². The van der Waals surface area contributed by atoms with Crippen molar-refractivity contribution < 1.29 is 44.2 Å². The maximum atomic E-state index is 11.8. The number of carbonyl (C=O) groups is 1. The predicted octanol–water partition coefficient (Wildman–Crippen LogP) is -1.59. The van der Waals surface area contributed by atoms with Crippen molar-refractivity contribution in [1.82, 2.24) is 0 Å². The van der Waals surface area contributed by atoms with E-state index in [9.17, 15) is 25.2 Å². The van der Waals surface area contributed by atoms with Crippen LogP contribution in [0.25, 0.3) is 0 Å². The molecule has 0 aromatic heterocycles. The number of ether oxygens (including phenoxy) is 4. The number of aliphatic hydroxyl groups is 4. The molecule has 25 heavy (non-hydrogen) atoms. The highest BCUT2D eigenvalue weighted by Gasteiger charge is 2.48. The molecular weight excluding hydrogens is 336 g/mol. The molecule has 3 aliphatic rings. The molecule has 3 aliphatic heterocycles. The molecule has 2 saturated heterocycles. The SMILES string of the molecule is C=C[C@H]1[C@H](O[C@@H]2O[C@@H](CO)[C@@H](O)[C@@H](O)[C@@H]2O)OC=C2C(=O)OCC[C@H]21. The zero-order valence-electron chi connectivity index (χ0n) is 13.4. The minimum atomic E-state index is -1.54. The van der Waals surface area contributed by atoms with Gasteiger partial charge < -0.3 is 39.4 Å². The van der Waals surface area contributed by atoms with Gasteiger partial charge in [-0.25, -0.2) is 4.79 Å². The summed E-state index contributed by atoms with van der Waals surface area (Å²) in [7, 11) is 0. The van der Waals surface area contributed by atoms with E-state index in [0.717, 1.165) is 0 Å². The molecule has 9 nitrogen and oxygen atoms in total. The molecule has 140 valence electrons. The molecule has 0 aromatic rings. The summed E-state index contributed by atoms with van der Waals surface area (Å²) in [6, 6.07) is 0. The summed E-state index contributed by atoms with van der Waals surface area (Å²) in [4.78, 5) is 11.8. The second-order valence-corrected chi connectivity index (χ2v) is 6.26.